The fraction of sp³-hybridized carbons (Fsp3) is 0.520. The Balaban J connectivity index is 2.27. The van der Waals surface area contributed by atoms with Crippen molar-refractivity contribution in [3.63, 3.8) is 0 Å². The molecule has 5 heteroatoms. The lowest BCUT2D eigenvalue weighted by atomic mass is 9.83. The quantitative estimate of drug-likeness (QED) is 0.374. The van der Waals surface area contributed by atoms with Gasteiger partial charge < -0.3 is 14.2 Å². The van der Waals surface area contributed by atoms with Gasteiger partial charge in [0.25, 0.3) is 0 Å². The maximum absolute atomic E-state index is 11.7. The van der Waals surface area contributed by atoms with Crippen molar-refractivity contribution in [2.24, 2.45) is 0 Å². The van der Waals surface area contributed by atoms with Crippen LogP contribution in [0, 0.1) is 0 Å². The van der Waals surface area contributed by atoms with Gasteiger partial charge in [0.05, 0.1) is 12.7 Å². The number of hydrogen-bond donors (Lipinski definition) is 0. The van der Waals surface area contributed by atoms with Gasteiger partial charge in [-0.3, -0.25) is 9.59 Å². The van der Waals surface area contributed by atoms with Gasteiger partial charge in [0.2, 0.25) is 0 Å². The van der Waals surface area contributed by atoms with E-state index in [1.807, 2.05) is 6.92 Å². The number of rotatable bonds is 10. The highest BCUT2D eigenvalue weighted by molar-refractivity contribution is 5.94. The summed E-state index contributed by atoms with van der Waals surface area (Å²) in [6.45, 7) is 8.38. The molecule has 0 saturated heterocycles. The largest absolute Gasteiger partial charge is 0.496 e. The van der Waals surface area contributed by atoms with Crippen LogP contribution in [0.2, 0.25) is 0 Å². The summed E-state index contributed by atoms with van der Waals surface area (Å²) in [4.78, 5) is 23.2. The summed E-state index contributed by atoms with van der Waals surface area (Å²) in [7, 11) is 3.22. The maximum atomic E-state index is 11.7. The van der Waals surface area contributed by atoms with E-state index in [1.54, 1.807) is 20.3 Å². The van der Waals surface area contributed by atoms with Crippen LogP contribution in [0.1, 0.15) is 79.7 Å². The monoisotopic (exact) mass is 414 g/mol. The number of benzene rings is 1. The Hall–Kier alpha value is -2.40. The fourth-order valence-corrected chi connectivity index (χ4v) is 3.96. The Morgan fingerprint density at radius 3 is 2.47 bits per heavy atom. The van der Waals surface area contributed by atoms with E-state index in [2.05, 4.69) is 32.9 Å². The zero-order chi connectivity index (χ0) is 22.3. The standard InChI is InChI=1S/C25H34O5/c1-17(2)9-7-10-18(3)11-8-12-25(4)23(29-6)14-20-22(28-5)13-19(15-26)21(16-27)24(20)30-25/h9,11,13,15-16,23H,7-8,10,12,14H2,1-6H3/b18-11+. The van der Waals surface area contributed by atoms with Gasteiger partial charge in [-0.2, -0.15) is 0 Å². The number of aldehydes is 2. The molecule has 2 unspecified atom stereocenters. The van der Waals surface area contributed by atoms with Crippen LogP contribution in [0.3, 0.4) is 0 Å². The lowest BCUT2D eigenvalue weighted by molar-refractivity contribution is -0.0801. The van der Waals surface area contributed by atoms with Crippen LogP contribution in [0.25, 0.3) is 0 Å². The number of fused-ring (bicyclic) bond motifs is 1. The van der Waals surface area contributed by atoms with Gasteiger partial charge >= 0.3 is 0 Å². The highest BCUT2D eigenvalue weighted by atomic mass is 16.6. The summed E-state index contributed by atoms with van der Waals surface area (Å²) in [5, 5.41) is 0. The number of allylic oxidation sites excluding steroid dienone is 4. The van der Waals surface area contributed by atoms with Crippen LogP contribution < -0.4 is 9.47 Å². The normalized spacial score (nSPS) is 20.7. The van der Waals surface area contributed by atoms with Crippen molar-refractivity contribution in [2.75, 3.05) is 14.2 Å². The van der Waals surface area contributed by atoms with Crippen molar-refractivity contribution in [1.82, 2.24) is 0 Å². The summed E-state index contributed by atoms with van der Waals surface area (Å²) in [6, 6.07) is 1.59. The van der Waals surface area contributed by atoms with E-state index in [0.717, 1.165) is 31.2 Å². The Kier molecular flexibility index (Phi) is 8.42. The van der Waals surface area contributed by atoms with Gasteiger partial charge in [-0.15, -0.1) is 0 Å². The third-order valence-electron chi connectivity index (χ3n) is 5.79. The molecule has 0 fully saturated rings. The molecule has 0 bridgehead atoms. The van der Waals surface area contributed by atoms with Crippen LogP contribution in [0.5, 0.6) is 11.5 Å². The molecule has 0 N–H and O–H groups in total. The van der Waals surface area contributed by atoms with Crippen LogP contribution in [-0.2, 0) is 11.2 Å². The number of ether oxygens (including phenoxy) is 3. The topological polar surface area (TPSA) is 61.8 Å². The van der Waals surface area contributed by atoms with Crippen molar-refractivity contribution in [1.29, 1.82) is 0 Å². The van der Waals surface area contributed by atoms with Crippen LogP contribution in [0.15, 0.2) is 29.4 Å². The predicted octanol–water partition coefficient (Wildman–Crippen LogP) is 5.50. The fourth-order valence-electron chi connectivity index (χ4n) is 3.96. The molecule has 1 aromatic carbocycles. The van der Waals surface area contributed by atoms with Crippen LogP contribution in [-0.4, -0.2) is 38.5 Å². The lowest BCUT2D eigenvalue weighted by Crippen LogP contribution is -2.50. The van der Waals surface area contributed by atoms with Gasteiger partial charge in [0, 0.05) is 24.7 Å². The second-order valence-corrected chi connectivity index (χ2v) is 8.38. The smallest absolute Gasteiger partial charge is 0.154 e. The average molecular weight is 415 g/mol. The van der Waals surface area contributed by atoms with Crippen molar-refractivity contribution in [3.05, 3.63) is 46.1 Å². The van der Waals surface area contributed by atoms with Crippen molar-refractivity contribution in [2.45, 2.75) is 71.5 Å². The van der Waals surface area contributed by atoms with Gasteiger partial charge in [0.15, 0.2) is 12.6 Å². The van der Waals surface area contributed by atoms with E-state index >= 15 is 0 Å². The third-order valence-corrected chi connectivity index (χ3v) is 5.79. The van der Waals surface area contributed by atoms with Gasteiger partial charge in [-0.25, -0.2) is 0 Å². The first-order chi connectivity index (χ1) is 14.3. The summed E-state index contributed by atoms with van der Waals surface area (Å²) in [5.41, 5.74) is 3.37. The highest BCUT2D eigenvalue weighted by Gasteiger charge is 2.43. The second-order valence-electron chi connectivity index (χ2n) is 8.38. The molecule has 0 spiro atoms. The summed E-state index contributed by atoms with van der Waals surface area (Å²) in [6.07, 6.45) is 9.85. The molecule has 0 aliphatic carbocycles. The minimum atomic E-state index is -0.622. The first-order valence-corrected chi connectivity index (χ1v) is 10.4. The molecular formula is C25H34O5. The number of carbonyl (C=O) groups is 2. The van der Waals surface area contributed by atoms with E-state index in [-0.39, 0.29) is 17.2 Å². The minimum absolute atomic E-state index is 0.195. The molecule has 1 aliphatic heterocycles. The molecule has 1 aliphatic rings. The molecule has 30 heavy (non-hydrogen) atoms. The molecule has 2 rings (SSSR count). The average Bonchev–Trinajstić information content (AvgIpc) is 2.71. The van der Waals surface area contributed by atoms with Crippen LogP contribution in [0.4, 0.5) is 0 Å². The number of carbonyl (C=O) groups excluding carboxylic acids is 2. The van der Waals surface area contributed by atoms with Crippen molar-refractivity contribution in [3.8, 4) is 11.5 Å². The van der Waals surface area contributed by atoms with E-state index in [0.29, 0.717) is 30.5 Å². The highest BCUT2D eigenvalue weighted by Crippen LogP contribution is 2.44. The molecule has 5 nitrogen and oxygen atoms in total. The Morgan fingerprint density at radius 2 is 1.90 bits per heavy atom. The van der Waals surface area contributed by atoms with Crippen LogP contribution >= 0.6 is 0 Å². The molecule has 0 amide bonds. The summed E-state index contributed by atoms with van der Waals surface area (Å²) >= 11 is 0. The third kappa shape index (κ3) is 5.39. The lowest BCUT2D eigenvalue weighted by Gasteiger charge is -2.42. The van der Waals surface area contributed by atoms with E-state index in [1.165, 1.54) is 11.1 Å². The second kappa shape index (κ2) is 10.6. The summed E-state index contributed by atoms with van der Waals surface area (Å²) < 4.78 is 17.6. The first kappa shape index (κ1) is 23.9. The Labute approximate surface area is 180 Å². The minimum Gasteiger partial charge on any atom is -0.496 e. The Morgan fingerprint density at radius 1 is 1.17 bits per heavy atom. The number of hydrogen-bond acceptors (Lipinski definition) is 5. The molecule has 0 aromatic heterocycles. The zero-order valence-corrected chi connectivity index (χ0v) is 19.0. The van der Waals surface area contributed by atoms with Gasteiger partial charge in [-0.05, 0) is 59.4 Å². The number of methoxy groups -OCH3 is 2. The van der Waals surface area contributed by atoms with Crippen molar-refractivity contribution < 1.29 is 23.8 Å². The van der Waals surface area contributed by atoms with Gasteiger partial charge in [-0.1, -0.05) is 23.3 Å². The molecule has 0 radical (unpaired) electrons. The molecule has 2 atom stereocenters. The van der Waals surface area contributed by atoms with Crippen molar-refractivity contribution >= 4 is 12.6 Å². The van der Waals surface area contributed by atoms with E-state index in [9.17, 15) is 9.59 Å². The molecule has 0 saturated carbocycles. The molecular weight excluding hydrogens is 380 g/mol. The molecule has 164 valence electrons. The van der Waals surface area contributed by atoms with E-state index in [4.69, 9.17) is 14.2 Å². The summed E-state index contributed by atoms with van der Waals surface area (Å²) in [5.74, 6) is 0.975. The molecule has 1 aromatic rings. The first-order valence-electron chi connectivity index (χ1n) is 10.4. The van der Waals surface area contributed by atoms with E-state index < -0.39 is 5.60 Å². The molecule has 1 heterocycles. The Bertz CT molecular complexity index is 832. The predicted molar refractivity (Wildman–Crippen MR) is 119 cm³/mol. The zero-order valence-electron chi connectivity index (χ0n) is 19.0. The maximum Gasteiger partial charge on any atom is 0.154 e. The van der Waals surface area contributed by atoms with Gasteiger partial charge in [0.1, 0.15) is 23.2 Å². The SMILES string of the molecule is COc1cc(C=O)c(C=O)c2c1CC(OC)C(C)(CC/C=C(\C)CCC=C(C)C)O2.